The highest BCUT2D eigenvalue weighted by Crippen LogP contribution is 2.43. The van der Waals surface area contributed by atoms with Gasteiger partial charge in [0.1, 0.15) is 13.2 Å². The van der Waals surface area contributed by atoms with E-state index in [9.17, 15) is 4.79 Å². The Kier molecular flexibility index (Phi) is 4.79. The average molecular weight is 317 g/mol. The molecule has 1 N–H and O–H groups in total. The van der Waals surface area contributed by atoms with Crippen LogP contribution in [-0.4, -0.2) is 25.7 Å². The Morgan fingerprint density at radius 3 is 2.57 bits per heavy atom. The maximum atomic E-state index is 12.1. The number of carbonyl (C=O) groups excluding carboxylic acids is 1. The number of nitrogens with one attached hydrogen (secondary N) is 1. The third-order valence-corrected chi connectivity index (χ3v) is 4.93. The van der Waals surface area contributed by atoms with Crippen LogP contribution in [-0.2, 0) is 10.2 Å². The minimum Gasteiger partial charge on any atom is -0.486 e. The molecule has 1 aliphatic carbocycles. The van der Waals surface area contributed by atoms with Gasteiger partial charge >= 0.3 is 0 Å². The lowest BCUT2D eigenvalue weighted by Crippen LogP contribution is -2.39. The Labute approximate surface area is 138 Å². The summed E-state index contributed by atoms with van der Waals surface area (Å²) in [5.41, 5.74) is 1.31. The molecule has 0 unspecified atom stereocenters. The maximum Gasteiger partial charge on any atom is 0.220 e. The average Bonchev–Trinajstić information content (AvgIpc) is 3.02. The number of hydrogen-bond donors (Lipinski definition) is 1. The fourth-order valence-electron chi connectivity index (χ4n) is 3.70. The number of carbonyl (C=O) groups is 1. The molecule has 4 heteroatoms. The van der Waals surface area contributed by atoms with Crippen molar-refractivity contribution >= 4 is 5.91 Å². The molecule has 1 amide bonds. The summed E-state index contributed by atoms with van der Waals surface area (Å²) in [6, 6.07) is 6.28. The Balaban J connectivity index is 1.76. The molecule has 4 nitrogen and oxygen atoms in total. The molecule has 2 aliphatic rings. The highest BCUT2D eigenvalue weighted by molar-refractivity contribution is 5.76. The zero-order valence-electron chi connectivity index (χ0n) is 14.2. The lowest BCUT2D eigenvalue weighted by atomic mass is 9.78. The number of amides is 1. The van der Waals surface area contributed by atoms with Gasteiger partial charge in [-0.05, 0) is 36.5 Å². The van der Waals surface area contributed by atoms with Gasteiger partial charge in [0.05, 0.1) is 0 Å². The summed E-state index contributed by atoms with van der Waals surface area (Å²) in [7, 11) is 0. The Hall–Kier alpha value is -1.71. The standard InChI is InChI=1S/C19H27NO3/c1-14(2)11-18(21)20-13-19(7-3-4-8-19)15-5-6-16-17(12-15)23-10-9-22-16/h5-6,12,14H,3-4,7-11,13H2,1-2H3,(H,20,21). The van der Waals surface area contributed by atoms with Crippen molar-refractivity contribution in [1.82, 2.24) is 5.32 Å². The Bertz CT molecular complexity index is 562. The van der Waals surface area contributed by atoms with Crippen LogP contribution in [0.2, 0.25) is 0 Å². The van der Waals surface area contributed by atoms with Gasteiger partial charge in [0.15, 0.2) is 11.5 Å². The largest absolute Gasteiger partial charge is 0.486 e. The Morgan fingerprint density at radius 2 is 1.87 bits per heavy atom. The third-order valence-electron chi connectivity index (χ3n) is 4.93. The van der Waals surface area contributed by atoms with Gasteiger partial charge < -0.3 is 14.8 Å². The van der Waals surface area contributed by atoms with Gasteiger partial charge in [-0.25, -0.2) is 0 Å². The van der Waals surface area contributed by atoms with E-state index < -0.39 is 0 Å². The van der Waals surface area contributed by atoms with E-state index in [-0.39, 0.29) is 11.3 Å². The van der Waals surface area contributed by atoms with Crippen molar-refractivity contribution in [2.75, 3.05) is 19.8 Å². The highest BCUT2D eigenvalue weighted by Gasteiger charge is 2.36. The fourth-order valence-corrected chi connectivity index (χ4v) is 3.70. The van der Waals surface area contributed by atoms with Gasteiger partial charge in [-0.2, -0.15) is 0 Å². The maximum absolute atomic E-state index is 12.1. The molecule has 126 valence electrons. The molecule has 1 aliphatic heterocycles. The first-order valence-corrected chi connectivity index (χ1v) is 8.76. The summed E-state index contributed by atoms with van der Waals surface area (Å²) in [5, 5.41) is 3.16. The summed E-state index contributed by atoms with van der Waals surface area (Å²) in [6.07, 6.45) is 5.27. The van der Waals surface area contributed by atoms with Crippen LogP contribution in [0.4, 0.5) is 0 Å². The lowest BCUT2D eigenvalue weighted by Gasteiger charge is -2.31. The molecule has 0 atom stereocenters. The zero-order valence-corrected chi connectivity index (χ0v) is 14.2. The van der Waals surface area contributed by atoms with Gasteiger partial charge in [0.2, 0.25) is 5.91 Å². The Morgan fingerprint density at radius 1 is 1.17 bits per heavy atom. The van der Waals surface area contributed by atoms with E-state index in [0.717, 1.165) is 30.9 Å². The van der Waals surface area contributed by atoms with Crippen LogP contribution in [0.25, 0.3) is 0 Å². The molecule has 1 aromatic rings. The molecular formula is C19H27NO3. The second kappa shape index (κ2) is 6.81. The van der Waals surface area contributed by atoms with Crippen molar-refractivity contribution in [3.8, 4) is 11.5 Å². The van der Waals surface area contributed by atoms with E-state index >= 15 is 0 Å². The van der Waals surface area contributed by atoms with Crippen LogP contribution in [0.5, 0.6) is 11.5 Å². The van der Waals surface area contributed by atoms with Crippen molar-refractivity contribution in [3.05, 3.63) is 23.8 Å². The summed E-state index contributed by atoms with van der Waals surface area (Å²) in [6.45, 7) is 6.09. The second-order valence-corrected chi connectivity index (χ2v) is 7.22. The molecule has 1 saturated carbocycles. The molecule has 1 heterocycles. The van der Waals surface area contributed by atoms with E-state index in [4.69, 9.17) is 9.47 Å². The van der Waals surface area contributed by atoms with E-state index in [0.29, 0.717) is 25.6 Å². The lowest BCUT2D eigenvalue weighted by molar-refractivity contribution is -0.122. The predicted molar refractivity (Wildman–Crippen MR) is 90.0 cm³/mol. The minimum absolute atomic E-state index is 0.0441. The highest BCUT2D eigenvalue weighted by atomic mass is 16.6. The van der Waals surface area contributed by atoms with Crippen molar-refractivity contribution in [3.63, 3.8) is 0 Å². The molecule has 0 aromatic heterocycles. The smallest absolute Gasteiger partial charge is 0.220 e. The summed E-state index contributed by atoms with van der Waals surface area (Å²) in [4.78, 5) is 12.1. The van der Waals surface area contributed by atoms with E-state index in [2.05, 4.69) is 31.3 Å². The number of rotatable bonds is 5. The number of ether oxygens (including phenoxy) is 2. The van der Waals surface area contributed by atoms with Crippen molar-refractivity contribution in [1.29, 1.82) is 0 Å². The monoisotopic (exact) mass is 317 g/mol. The van der Waals surface area contributed by atoms with Crippen LogP contribution in [0.15, 0.2) is 18.2 Å². The predicted octanol–water partition coefficient (Wildman–Crippen LogP) is 3.43. The number of benzene rings is 1. The minimum atomic E-state index is 0.0441. The number of hydrogen-bond acceptors (Lipinski definition) is 3. The van der Waals surface area contributed by atoms with E-state index in [1.807, 2.05) is 6.07 Å². The summed E-state index contributed by atoms with van der Waals surface area (Å²) < 4.78 is 11.4. The van der Waals surface area contributed by atoms with Crippen LogP contribution in [0.1, 0.15) is 51.5 Å². The third kappa shape index (κ3) is 3.62. The van der Waals surface area contributed by atoms with E-state index in [1.54, 1.807) is 0 Å². The van der Waals surface area contributed by atoms with Gasteiger partial charge in [-0.15, -0.1) is 0 Å². The number of fused-ring (bicyclic) bond motifs is 1. The molecule has 23 heavy (non-hydrogen) atoms. The summed E-state index contributed by atoms with van der Waals surface area (Å²) >= 11 is 0. The van der Waals surface area contributed by atoms with Crippen molar-refractivity contribution < 1.29 is 14.3 Å². The molecule has 0 bridgehead atoms. The molecular weight excluding hydrogens is 290 g/mol. The normalized spacial score (nSPS) is 18.9. The topological polar surface area (TPSA) is 47.6 Å². The quantitative estimate of drug-likeness (QED) is 0.905. The SMILES string of the molecule is CC(C)CC(=O)NCC1(c2ccc3c(c2)OCCO3)CCCC1. The first-order valence-electron chi connectivity index (χ1n) is 8.76. The van der Waals surface area contributed by atoms with Gasteiger partial charge in [-0.3, -0.25) is 4.79 Å². The van der Waals surface area contributed by atoms with Gasteiger partial charge in [0.25, 0.3) is 0 Å². The van der Waals surface area contributed by atoms with E-state index in [1.165, 1.54) is 18.4 Å². The molecule has 0 spiro atoms. The van der Waals surface area contributed by atoms with Gasteiger partial charge in [-0.1, -0.05) is 32.8 Å². The second-order valence-electron chi connectivity index (χ2n) is 7.22. The van der Waals surface area contributed by atoms with Crippen LogP contribution in [0.3, 0.4) is 0 Å². The van der Waals surface area contributed by atoms with Crippen molar-refractivity contribution in [2.45, 2.75) is 51.4 Å². The molecule has 0 radical (unpaired) electrons. The van der Waals surface area contributed by atoms with Crippen LogP contribution >= 0.6 is 0 Å². The van der Waals surface area contributed by atoms with Gasteiger partial charge in [0, 0.05) is 18.4 Å². The first-order chi connectivity index (χ1) is 11.1. The van der Waals surface area contributed by atoms with Crippen LogP contribution < -0.4 is 14.8 Å². The first kappa shape index (κ1) is 16.2. The van der Waals surface area contributed by atoms with Crippen LogP contribution in [0, 0.1) is 5.92 Å². The summed E-state index contributed by atoms with van der Waals surface area (Å²) in [5.74, 6) is 2.22. The molecule has 3 rings (SSSR count). The fraction of sp³-hybridized carbons (Fsp3) is 0.632. The zero-order chi connectivity index (χ0) is 16.3. The molecule has 1 fully saturated rings. The molecule has 0 saturated heterocycles. The molecule has 1 aromatic carbocycles. The van der Waals surface area contributed by atoms with Crippen molar-refractivity contribution in [2.24, 2.45) is 5.92 Å².